The zero-order valence-electron chi connectivity index (χ0n) is 7.44. The highest BCUT2D eigenvalue weighted by atomic mass is 35.5. The third-order valence-corrected chi connectivity index (χ3v) is 2.28. The SMILES string of the molecule is Clc1ncnc2nc(-c3ccco3)[nH]c12. The molecule has 15 heavy (non-hydrogen) atoms. The molecule has 3 rings (SSSR count). The first kappa shape index (κ1) is 8.43. The van der Waals surface area contributed by atoms with Gasteiger partial charge in [0.1, 0.15) is 11.8 Å². The molecule has 0 saturated heterocycles. The Hall–Kier alpha value is -1.88. The summed E-state index contributed by atoms with van der Waals surface area (Å²) in [7, 11) is 0. The van der Waals surface area contributed by atoms with Crippen LogP contribution in [-0.4, -0.2) is 19.9 Å². The summed E-state index contributed by atoms with van der Waals surface area (Å²) >= 11 is 5.88. The second-order valence-corrected chi connectivity index (χ2v) is 3.28. The summed E-state index contributed by atoms with van der Waals surface area (Å²) in [6.45, 7) is 0. The van der Waals surface area contributed by atoms with Crippen LogP contribution in [0.2, 0.25) is 5.15 Å². The van der Waals surface area contributed by atoms with Crippen LogP contribution in [0.5, 0.6) is 0 Å². The number of nitrogens with one attached hydrogen (secondary N) is 1. The third-order valence-electron chi connectivity index (χ3n) is 2.00. The number of H-pyrrole nitrogens is 1. The van der Waals surface area contributed by atoms with Crippen LogP contribution in [0.4, 0.5) is 0 Å². The Morgan fingerprint density at radius 1 is 1.33 bits per heavy atom. The maximum Gasteiger partial charge on any atom is 0.182 e. The molecule has 0 amide bonds. The van der Waals surface area contributed by atoms with E-state index < -0.39 is 0 Å². The Balaban J connectivity index is 2.27. The van der Waals surface area contributed by atoms with Crippen LogP contribution in [0.15, 0.2) is 29.1 Å². The molecule has 74 valence electrons. The van der Waals surface area contributed by atoms with Gasteiger partial charge in [-0.1, -0.05) is 11.6 Å². The van der Waals surface area contributed by atoms with E-state index in [4.69, 9.17) is 16.0 Å². The molecular weight excluding hydrogens is 216 g/mol. The van der Waals surface area contributed by atoms with Crippen LogP contribution >= 0.6 is 11.6 Å². The maximum atomic E-state index is 5.88. The van der Waals surface area contributed by atoms with E-state index in [1.165, 1.54) is 6.33 Å². The second kappa shape index (κ2) is 3.06. The van der Waals surface area contributed by atoms with E-state index in [0.29, 0.717) is 27.9 Å². The van der Waals surface area contributed by atoms with E-state index in [2.05, 4.69) is 19.9 Å². The summed E-state index contributed by atoms with van der Waals surface area (Å²) in [5.41, 5.74) is 1.15. The van der Waals surface area contributed by atoms with Gasteiger partial charge in [0, 0.05) is 0 Å². The van der Waals surface area contributed by atoms with E-state index in [1.54, 1.807) is 18.4 Å². The lowest BCUT2D eigenvalue weighted by atomic mass is 10.4. The first-order valence-electron chi connectivity index (χ1n) is 4.24. The molecule has 0 atom stereocenters. The fourth-order valence-corrected chi connectivity index (χ4v) is 1.51. The zero-order chi connectivity index (χ0) is 10.3. The summed E-state index contributed by atoms with van der Waals surface area (Å²) in [6, 6.07) is 3.59. The summed E-state index contributed by atoms with van der Waals surface area (Å²) in [5.74, 6) is 1.24. The van der Waals surface area contributed by atoms with Gasteiger partial charge in [-0.05, 0) is 12.1 Å². The van der Waals surface area contributed by atoms with Crippen LogP contribution < -0.4 is 0 Å². The Kier molecular flexibility index (Phi) is 1.72. The van der Waals surface area contributed by atoms with Crippen LogP contribution in [0.25, 0.3) is 22.7 Å². The summed E-state index contributed by atoms with van der Waals surface area (Å²) < 4.78 is 5.20. The molecule has 0 aliphatic rings. The van der Waals surface area contributed by atoms with E-state index in [1.807, 2.05) is 0 Å². The van der Waals surface area contributed by atoms with Crippen LogP contribution in [-0.2, 0) is 0 Å². The fourth-order valence-electron chi connectivity index (χ4n) is 1.33. The van der Waals surface area contributed by atoms with Crippen molar-refractivity contribution in [2.75, 3.05) is 0 Å². The Labute approximate surface area is 89.1 Å². The van der Waals surface area contributed by atoms with Crippen molar-refractivity contribution in [2.24, 2.45) is 0 Å². The zero-order valence-corrected chi connectivity index (χ0v) is 8.19. The smallest absolute Gasteiger partial charge is 0.182 e. The molecule has 0 radical (unpaired) electrons. The topological polar surface area (TPSA) is 67.6 Å². The molecule has 3 aromatic heterocycles. The molecular formula is C9H5ClN4O. The van der Waals surface area contributed by atoms with E-state index in [-0.39, 0.29) is 0 Å². The third kappa shape index (κ3) is 1.28. The van der Waals surface area contributed by atoms with Crippen molar-refractivity contribution in [2.45, 2.75) is 0 Å². The van der Waals surface area contributed by atoms with Gasteiger partial charge < -0.3 is 9.40 Å². The maximum absolute atomic E-state index is 5.88. The number of hydrogen-bond donors (Lipinski definition) is 1. The lowest BCUT2D eigenvalue weighted by Gasteiger charge is -1.87. The molecule has 3 heterocycles. The lowest BCUT2D eigenvalue weighted by molar-refractivity contribution is 0.578. The average molecular weight is 221 g/mol. The van der Waals surface area contributed by atoms with Gasteiger partial charge in [0.05, 0.1) is 6.26 Å². The molecule has 0 aliphatic carbocycles. The van der Waals surface area contributed by atoms with Crippen molar-refractivity contribution in [1.82, 2.24) is 19.9 Å². The highest BCUT2D eigenvalue weighted by Crippen LogP contribution is 2.22. The largest absolute Gasteiger partial charge is 0.461 e. The van der Waals surface area contributed by atoms with Gasteiger partial charge in [0.25, 0.3) is 0 Å². The fraction of sp³-hybridized carbons (Fsp3) is 0. The van der Waals surface area contributed by atoms with Gasteiger partial charge in [-0.15, -0.1) is 0 Å². The normalized spacial score (nSPS) is 11.0. The highest BCUT2D eigenvalue weighted by molar-refractivity contribution is 6.33. The number of aromatic amines is 1. The molecule has 3 aromatic rings. The van der Waals surface area contributed by atoms with Gasteiger partial charge in [-0.25, -0.2) is 15.0 Å². The molecule has 0 bridgehead atoms. The molecule has 0 spiro atoms. The number of rotatable bonds is 1. The molecule has 0 unspecified atom stereocenters. The van der Waals surface area contributed by atoms with Crippen molar-refractivity contribution in [3.8, 4) is 11.6 Å². The number of halogens is 1. The number of aromatic nitrogens is 4. The minimum Gasteiger partial charge on any atom is -0.461 e. The minimum absolute atomic E-state index is 0.352. The molecule has 0 saturated carbocycles. The Bertz CT molecular complexity index is 602. The Morgan fingerprint density at radius 2 is 2.27 bits per heavy atom. The number of nitrogens with zero attached hydrogens (tertiary/aromatic N) is 3. The number of imidazole rings is 1. The quantitative estimate of drug-likeness (QED) is 0.639. The summed E-state index contributed by atoms with van der Waals surface area (Å²) in [4.78, 5) is 15.1. The van der Waals surface area contributed by atoms with Crippen molar-refractivity contribution in [1.29, 1.82) is 0 Å². The van der Waals surface area contributed by atoms with Crippen molar-refractivity contribution >= 4 is 22.8 Å². The minimum atomic E-state index is 0.352. The monoisotopic (exact) mass is 220 g/mol. The average Bonchev–Trinajstić information content (AvgIpc) is 2.86. The van der Waals surface area contributed by atoms with E-state index in [9.17, 15) is 0 Å². The van der Waals surface area contributed by atoms with Gasteiger partial charge >= 0.3 is 0 Å². The van der Waals surface area contributed by atoms with E-state index >= 15 is 0 Å². The molecule has 1 N–H and O–H groups in total. The predicted octanol–water partition coefficient (Wildman–Crippen LogP) is 2.27. The van der Waals surface area contributed by atoms with Crippen LogP contribution in [0.1, 0.15) is 0 Å². The Morgan fingerprint density at radius 3 is 3.00 bits per heavy atom. The molecule has 5 nitrogen and oxygen atoms in total. The first-order chi connectivity index (χ1) is 7.34. The molecule has 0 aliphatic heterocycles. The van der Waals surface area contributed by atoms with Gasteiger partial charge in [0.15, 0.2) is 22.4 Å². The van der Waals surface area contributed by atoms with Crippen molar-refractivity contribution in [3.05, 3.63) is 29.9 Å². The lowest BCUT2D eigenvalue weighted by Crippen LogP contribution is -1.80. The van der Waals surface area contributed by atoms with Crippen LogP contribution in [0, 0.1) is 0 Å². The predicted molar refractivity (Wildman–Crippen MR) is 54.4 cm³/mol. The molecule has 0 fully saturated rings. The van der Waals surface area contributed by atoms with Gasteiger partial charge in [-0.2, -0.15) is 0 Å². The molecule has 6 heteroatoms. The summed E-state index contributed by atoms with van der Waals surface area (Å²) in [5, 5.41) is 0.352. The highest BCUT2D eigenvalue weighted by Gasteiger charge is 2.10. The number of hydrogen-bond acceptors (Lipinski definition) is 4. The van der Waals surface area contributed by atoms with Gasteiger partial charge in [-0.3, -0.25) is 0 Å². The van der Waals surface area contributed by atoms with Gasteiger partial charge in [0.2, 0.25) is 0 Å². The number of fused-ring (bicyclic) bond motifs is 1. The van der Waals surface area contributed by atoms with E-state index in [0.717, 1.165) is 0 Å². The number of furan rings is 1. The standard InChI is InChI=1S/C9H5ClN4O/c10-7-6-9(12-4-11-7)14-8(13-6)5-2-1-3-15-5/h1-4H,(H,11,12,13,14). The van der Waals surface area contributed by atoms with Crippen molar-refractivity contribution in [3.63, 3.8) is 0 Å². The summed E-state index contributed by atoms with van der Waals surface area (Å²) in [6.07, 6.45) is 2.95. The molecule has 0 aromatic carbocycles. The second-order valence-electron chi connectivity index (χ2n) is 2.93. The first-order valence-corrected chi connectivity index (χ1v) is 4.62. The van der Waals surface area contributed by atoms with Crippen LogP contribution in [0.3, 0.4) is 0 Å². The van der Waals surface area contributed by atoms with Crippen molar-refractivity contribution < 1.29 is 4.42 Å².